The molecule has 3 aromatic rings. The van der Waals surface area contributed by atoms with Gasteiger partial charge in [-0.3, -0.25) is 4.98 Å². The molecule has 0 amide bonds. The van der Waals surface area contributed by atoms with Crippen molar-refractivity contribution in [3.8, 4) is 5.75 Å². The topological polar surface area (TPSA) is 59.9 Å². The first-order valence-corrected chi connectivity index (χ1v) is 7.22. The normalized spacial score (nSPS) is 10.6. The van der Waals surface area contributed by atoms with Crippen LogP contribution in [0.4, 0.5) is 11.5 Å². The Bertz CT molecular complexity index is 812. The highest BCUT2D eigenvalue weighted by Gasteiger charge is 2.12. The monoisotopic (exact) mass is 364 g/mol. The van der Waals surface area contributed by atoms with E-state index in [1.807, 2.05) is 24.3 Å². The quantitative estimate of drug-likeness (QED) is 0.705. The van der Waals surface area contributed by atoms with Crippen LogP contribution in [0.3, 0.4) is 0 Å². The highest BCUT2D eigenvalue weighted by Crippen LogP contribution is 2.33. The first-order chi connectivity index (χ1) is 10.2. The van der Waals surface area contributed by atoms with Crippen molar-refractivity contribution in [3.63, 3.8) is 0 Å². The summed E-state index contributed by atoms with van der Waals surface area (Å²) < 4.78 is 6.16. The highest BCUT2D eigenvalue weighted by molar-refractivity contribution is 9.10. The number of hydrogen-bond donors (Lipinski definition) is 1. The van der Waals surface area contributed by atoms with Gasteiger partial charge in [0.05, 0.1) is 18.3 Å². The molecule has 0 radical (unpaired) electrons. The van der Waals surface area contributed by atoms with Crippen molar-refractivity contribution in [3.05, 3.63) is 46.4 Å². The van der Waals surface area contributed by atoms with Gasteiger partial charge in [-0.25, -0.2) is 9.97 Å². The number of rotatable bonds is 3. The first-order valence-electron chi connectivity index (χ1n) is 6.05. The number of anilines is 2. The van der Waals surface area contributed by atoms with Crippen LogP contribution in [-0.4, -0.2) is 22.1 Å². The fraction of sp³-hybridized carbons (Fsp3) is 0.0714. The minimum Gasteiger partial charge on any atom is -0.490 e. The largest absolute Gasteiger partial charge is 0.490 e. The maximum Gasteiger partial charge on any atom is 0.199 e. The van der Waals surface area contributed by atoms with Crippen molar-refractivity contribution in [2.24, 2.45) is 0 Å². The van der Waals surface area contributed by atoms with Crippen LogP contribution >= 0.6 is 27.5 Å². The zero-order valence-electron chi connectivity index (χ0n) is 11.0. The Morgan fingerprint density at radius 1 is 1.24 bits per heavy atom. The average Bonchev–Trinajstić information content (AvgIpc) is 2.47. The number of pyridine rings is 1. The van der Waals surface area contributed by atoms with E-state index in [0.717, 1.165) is 21.1 Å². The van der Waals surface area contributed by atoms with Crippen LogP contribution in [0.15, 0.2) is 41.3 Å². The lowest BCUT2D eigenvalue weighted by molar-refractivity contribution is 0.413. The molecule has 0 spiro atoms. The highest BCUT2D eigenvalue weighted by atomic mass is 79.9. The lowest BCUT2D eigenvalue weighted by Gasteiger charge is -2.12. The molecule has 0 aliphatic heterocycles. The molecule has 1 aromatic carbocycles. The van der Waals surface area contributed by atoms with Gasteiger partial charge in [0.2, 0.25) is 0 Å². The SMILES string of the molecule is COc1c(Cl)ncnc1Nc1cccc2cc(Br)cnc12. The minimum absolute atomic E-state index is 0.256. The molecule has 0 saturated carbocycles. The van der Waals surface area contributed by atoms with Gasteiger partial charge in [0.1, 0.15) is 6.33 Å². The maximum absolute atomic E-state index is 6.00. The number of fused-ring (bicyclic) bond motifs is 1. The summed E-state index contributed by atoms with van der Waals surface area (Å²) >= 11 is 9.41. The van der Waals surface area contributed by atoms with Gasteiger partial charge in [-0.15, -0.1) is 0 Å². The van der Waals surface area contributed by atoms with Crippen LogP contribution in [0.2, 0.25) is 5.15 Å². The summed E-state index contributed by atoms with van der Waals surface area (Å²) in [5.74, 6) is 0.892. The Labute approximate surface area is 134 Å². The van der Waals surface area contributed by atoms with E-state index in [0.29, 0.717) is 11.6 Å². The van der Waals surface area contributed by atoms with E-state index in [4.69, 9.17) is 16.3 Å². The minimum atomic E-state index is 0.256. The van der Waals surface area contributed by atoms with Crippen LogP contribution in [0.5, 0.6) is 5.75 Å². The van der Waals surface area contributed by atoms with Crippen molar-refractivity contribution in [2.45, 2.75) is 0 Å². The Morgan fingerprint density at radius 2 is 2.10 bits per heavy atom. The molecule has 106 valence electrons. The molecule has 0 aliphatic carbocycles. The van der Waals surface area contributed by atoms with Crippen molar-refractivity contribution in [1.82, 2.24) is 15.0 Å². The van der Waals surface area contributed by atoms with Gasteiger partial charge in [0.25, 0.3) is 0 Å². The van der Waals surface area contributed by atoms with Crippen LogP contribution in [0.1, 0.15) is 0 Å². The van der Waals surface area contributed by atoms with E-state index in [1.54, 1.807) is 6.20 Å². The van der Waals surface area contributed by atoms with Crippen LogP contribution in [0, 0.1) is 0 Å². The third-order valence-corrected chi connectivity index (χ3v) is 3.60. The Kier molecular flexibility index (Phi) is 3.90. The van der Waals surface area contributed by atoms with Crippen LogP contribution < -0.4 is 10.1 Å². The molecule has 2 aromatic heterocycles. The first kappa shape index (κ1) is 14.0. The smallest absolute Gasteiger partial charge is 0.199 e. The van der Waals surface area contributed by atoms with Crippen molar-refractivity contribution in [2.75, 3.05) is 12.4 Å². The van der Waals surface area contributed by atoms with Crippen LogP contribution in [0.25, 0.3) is 10.9 Å². The number of para-hydroxylation sites is 1. The third kappa shape index (κ3) is 2.77. The fourth-order valence-corrected chi connectivity index (χ4v) is 2.54. The fourth-order valence-electron chi connectivity index (χ4n) is 1.98. The van der Waals surface area contributed by atoms with Crippen molar-refractivity contribution >= 4 is 49.9 Å². The van der Waals surface area contributed by atoms with E-state index >= 15 is 0 Å². The summed E-state index contributed by atoms with van der Waals surface area (Å²) in [6.07, 6.45) is 3.13. The van der Waals surface area contributed by atoms with E-state index in [1.165, 1.54) is 13.4 Å². The molecule has 0 saturated heterocycles. The number of halogens is 2. The summed E-state index contributed by atoms with van der Waals surface area (Å²) in [5, 5.41) is 4.45. The Morgan fingerprint density at radius 3 is 2.90 bits per heavy atom. The molecule has 7 heteroatoms. The van der Waals surface area contributed by atoms with Gasteiger partial charge in [0.15, 0.2) is 16.7 Å². The molecule has 0 atom stereocenters. The zero-order chi connectivity index (χ0) is 14.8. The number of nitrogens with zero attached hydrogens (tertiary/aromatic N) is 3. The van der Waals surface area contributed by atoms with Gasteiger partial charge < -0.3 is 10.1 Å². The van der Waals surface area contributed by atoms with Gasteiger partial charge in [0, 0.05) is 16.1 Å². The summed E-state index contributed by atoms with van der Waals surface area (Å²) in [7, 11) is 1.52. The molecular formula is C14H10BrClN4O. The number of benzene rings is 1. The second-order valence-corrected chi connectivity index (χ2v) is 5.48. The predicted molar refractivity (Wildman–Crippen MR) is 86.3 cm³/mol. The summed E-state index contributed by atoms with van der Waals surface area (Å²) in [6, 6.07) is 7.84. The molecule has 1 N–H and O–H groups in total. The molecule has 0 fully saturated rings. The van der Waals surface area contributed by atoms with E-state index in [9.17, 15) is 0 Å². The second kappa shape index (κ2) is 5.83. The van der Waals surface area contributed by atoms with E-state index < -0.39 is 0 Å². The summed E-state index contributed by atoms with van der Waals surface area (Å²) in [6.45, 7) is 0. The number of ether oxygens (including phenoxy) is 1. The number of methoxy groups -OCH3 is 1. The Hall–Kier alpha value is -1.92. The number of aromatic nitrogens is 3. The lowest BCUT2D eigenvalue weighted by Crippen LogP contribution is -2.00. The second-order valence-electron chi connectivity index (χ2n) is 4.20. The van der Waals surface area contributed by atoms with E-state index in [2.05, 4.69) is 36.2 Å². The molecule has 2 heterocycles. The molecule has 21 heavy (non-hydrogen) atoms. The lowest BCUT2D eigenvalue weighted by atomic mass is 10.2. The van der Waals surface area contributed by atoms with E-state index in [-0.39, 0.29) is 5.15 Å². The molecule has 5 nitrogen and oxygen atoms in total. The molecule has 3 rings (SSSR count). The predicted octanol–water partition coefficient (Wildman–Crippen LogP) is 4.19. The number of hydrogen-bond acceptors (Lipinski definition) is 5. The number of nitrogens with one attached hydrogen (secondary N) is 1. The van der Waals surface area contributed by atoms with Gasteiger partial charge in [-0.1, -0.05) is 23.7 Å². The summed E-state index contributed by atoms with van der Waals surface area (Å²) in [4.78, 5) is 12.5. The average molecular weight is 366 g/mol. The Balaban J connectivity index is 2.09. The molecule has 0 aliphatic rings. The zero-order valence-corrected chi connectivity index (χ0v) is 13.3. The standard InChI is InChI=1S/C14H10BrClN4O/c1-21-12-13(16)18-7-19-14(12)20-10-4-2-3-8-5-9(15)6-17-11(8)10/h2-7H,1H3,(H,18,19,20). The van der Waals surface area contributed by atoms with Gasteiger partial charge in [-0.2, -0.15) is 0 Å². The summed E-state index contributed by atoms with van der Waals surface area (Å²) in [5.41, 5.74) is 1.64. The van der Waals surface area contributed by atoms with Crippen molar-refractivity contribution in [1.29, 1.82) is 0 Å². The molecule has 0 unspecified atom stereocenters. The third-order valence-electron chi connectivity index (χ3n) is 2.90. The molecule has 0 bridgehead atoms. The maximum atomic E-state index is 6.00. The van der Waals surface area contributed by atoms with Crippen LogP contribution in [-0.2, 0) is 0 Å². The van der Waals surface area contributed by atoms with Gasteiger partial charge >= 0.3 is 0 Å². The van der Waals surface area contributed by atoms with Gasteiger partial charge in [-0.05, 0) is 28.1 Å². The molecular weight excluding hydrogens is 356 g/mol. The van der Waals surface area contributed by atoms with Crippen molar-refractivity contribution < 1.29 is 4.74 Å².